The smallest absolute Gasteiger partial charge is 0.418 e. The predicted octanol–water partition coefficient (Wildman–Crippen LogP) is 3.94. The molecule has 150 valence electrons. The Balaban J connectivity index is 1.67. The number of alkyl halides is 3. The van der Waals surface area contributed by atoms with Crippen LogP contribution in [0.5, 0.6) is 11.5 Å². The summed E-state index contributed by atoms with van der Waals surface area (Å²) < 4.78 is 50.3. The molecule has 0 bridgehead atoms. The van der Waals surface area contributed by atoms with E-state index in [2.05, 4.69) is 5.32 Å². The lowest BCUT2D eigenvalue weighted by Crippen LogP contribution is -2.39. The van der Waals surface area contributed by atoms with Gasteiger partial charge in [0.1, 0.15) is 13.2 Å². The maximum absolute atomic E-state index is 13.1. The van der Waals surface area contributed by atoms with Crippen molar-refractivity contribution >= 4 is 11.6 Å². The molecule has 0 aliphatic carbocycles. The Hall–Kier alpha value is -2.74. The summed E-state index contributed by atoms with van der Waals surface area (Å²) in [4.78, 5) is 14.2. The molecule has 1 unspecified atom stereocenters. The molecule has 1 aliphatic heterocycles. The second-order valence-corrected chi connectivity index (χ2v) is 6.60. The third-order valence-electron chi connectivity index (χ3n) is 4.57. The number of para-hydroxylation sites is 1. The zero-order valence-corrected chi connectivity index (χ0v) is 15.5. The van der Waals surface area contributed by atoms with E-state index in [0.29, 0.717) is 31.3 Å². The van der Waals surface area contributed by atoms with Crippen molar-refractivity contribution in [2.75, 3.05) is 25.6 Å². The van der Waals surface area contributed by atoms with E-state index in [0.717, 1.165) is 11.6 Å². The highest BCUT2D eigenvalue weighted by Crippen LogP contribution is 2.35. The predicted molar refractivity (Wildman–Crippen MR) is 98.4 cm³/mol. The molecular formula is C20H21F3N2O3. The number of rotatable bonds is 5. The molecule has 0 aromatic heterocycles. The fourth-order valence-electron chi connectivity index (χ4n) is 2.89. The van der Waals surface area contributed by atoms with Crippen molar-refractivity contribution in [1.82, 2.24) is 4.90 Å². The molecule has 1 aliphatic rings. The van der Waals surface area contributed by atoms with Crippen LogP contribution in [0.1, 0.15) is 18.1 Å². The van der Waals surface area contributed by atoms with Crippen LogP contribution >= 0.6 is 0 Å². The number of nitrogens with zero attached hydrogens (tertiary/aromatic N) is 1. The lowest BCUT2D eigenvalue weighted by Gasteiger charge is -2.25. The zero-order valence-electron chi connectivity index (χ0n) is 15.5. The number of hydrogen-bond donors (Lipinski definition) is 1. The number of carbonyl (C=O) groups excluding carboxylic acids is 1. The van der Waals surface area contributed by atoms with E-state index in [1.54, 1.807) is 18.9 Å². The molecule has 2 aromatic rings. The van der Waals surface area contributed by atoms with E-state index in [1.807, 2.05) is 18.2 Å². The van der Waals surface area contributed by atoms with E-state index in [9.17, 15) is 18.0 Å². The molecule has 1 heterocycles. The molecular weight excluding hydrogens is 373 g/mol. The van der Waals surface area contributed by atoms with Crippen LogP contribution in [-0.4, -0.2) is 37.1 Å². The molecule has 0 saturated carbocycles. The molecule has 1 atom stereocenters. The van der Waals surface area contributed by atoms with E-state index < -0.39 is 23.7 Å². The summed E-state index contributed by atoms with van der Waals surface area (Å²) >= 11 is 0. The van der Waals surface area contributed by atoms with Gasteiger partial charge in [0.25, 0.3) is 0 Å². The zero-order chi connectivity index (χ0) is 20.3. The normalized spacial score (nSPS) is 14.6. The van der Waals surface area contributed by atoms with Crippen molar-refractivity contribution < 1.29 is 27.4 Å². The number of benzene rings is 2. The van der Waals surface area contributed by atoms with Crippen LogP contribution in [0.25, 0.3) is 0 Å². The van der Waals surface area contributed by atoms with Gasteiger partial charge >= 0.3 is 6.18 Å². The lowest BCUT2D eigenvalue weighted by molar-refractivity contribution is -0.137. The molecule has 0 fully saturated rings. The SMILES string of the molecule is CC(C(=O)Nc1ccccc1C(F)(F)F)N(C)Cc1ccc2c(c1)OCCO2. The number of amides is 1. The van der Waals surface area contributed by atoms with Crippen LogP contribution < -0.4 is 14.8 Å². The maximum Gasteiger partial charge on any atom is 0.418 e. The Morgan fingerprint density at radius 2 is 1.82 bits per heavy atom. The van der Waals surface area contributed by atoms with Gasteiger partial charge in [-0.25, -0.2) is 0 Å². The standard InChI is InChI=1S/C20H21F3N2O3/c1-13(19(26)24-16-6-4-3-5-15(16)20(21,22)23)25(2)12-14-7-8-17-18(11-14)28-10-9-27-17/h3-8,11,13H,9-10,12H2,1-2H3,(H,24,26). The highest BCUT2D eigenvalue weighted by Gasteiger charge is 2.34. The average Bonchev–Trinajstić information content (AvgIpc) is 2.66. The Bertz CT molecular complexity index is 855. The van der Waals surface area contributed by atoms with Crippen LogP contribution in [0.4, 0.5) is 18.9 Å². The summed E-state index contributed by atoms with van der Waals surface area (Å²) in [6.07, 6.45) is -4.54. The highest BCUT2D eigenvalue weighted by atomic mass is 19.4. The molecule has 5 nitrogen and oxygen atoms in total. The largest absolute Gasteiger partial charge is 0.486 e. The van der Waals surface area contributed by atoms with Crippen molar-refractivity contribution in [2.24, 2.45) is 0 Å². The number of ether oxygens (including phenoxy) is 2. The van der Waals surface area contributed by atoms with E-state index in [4.69, 9.17) is 9.47 Å². The van der Waals surface area contributed by atoms with Crippen LogP contribution in [-0.2, 0) is 17.5 Å². The summed E-state index contributed by atoms with van der Waals surface area (Å²) in [7, 11) is 1.73. The summed E-state index contributed by atoms with van der Waals surface area (Å²) in [6.45, 7) is 3.04. The van der Waals surface area contributed by atoms with Gasteiger partial charge in [-0.3, -0.25) is 9.69 Å². The minimum Gasteiger partial charge on any atom is -0.486 e. The van der Waals surface area contributed by atoms with Gasteiger partial charge in [-0.05, 0) is 43.8 Å². The molecule has 0 spiro atoms. The van der Waals surface area contributed by atoms with Crippen molar-refractivity contribution in [3.8, 4) is 11.5 Å². The van der Waals surface area contributed by atoms with Gasteiger partial charge in [0.05, 0.1) is 17.3 Å². The third-order valence-corrected chi connectivity index (χ3v) is 4.57. The Morgan fingerprint density at radius 3 is 2.54 bits per heavy atom. The number of carbonyl (C=O) groups is 1. The summed E-state index contributed by atoms with van der Waals surface area (Å²) in [5.41, 5.74) is -0.216. The number of likely N-dealkylation sites (N-methyl/N-ethyl adjacent to an activating group) is 1. The van der Waals surface area contributed by atoms with Gasteiger partial charge in [0, 0.05) is 6.54 Å². The van der Waals surface area contributed by atoms with Crippen LogP contribution in [0.15, 0.2) is 42.5 Å². The molecule has 8 heteroatoms. The first-order valence-electron chi connectivity index (χ1n) is 8.81. The number of anilines is 1. The second kappa shape index (κ2) is 8.10. The molecule has 2 aromatic carbocycles. The van der Waals surface area contributed by atoms with E-state index in [-0.39, 0.29) is 5.69 Å². The van der Waals surface area contributed by atoms with Crippen molar-refractivity contribution in [2.45, 2.75) is 25.7 Å². The van der Waals surface area contributed by atoms with Gasteiger partial charge in [-0.2, -0.15) is 13.2 Å². The number of nitrogens with one attached hydrogen (secondary N) is 1. The summed E-state index contributed by atoms with van der Waals surface area (Å²) in [6, 6.07) is 9.80. The Labute approximate surface area is 161 Å². The maximum atomic E-state index is 13.1. The summed E-state index contributed by atoms with van der Waals surface area (Å²) in [5.74, 6) is 0.803. The number of hydrogen-bond acceptors (Lipinski definition) is 4. The monoisotopic (exact) mass is 394 g/mol. The van der Waals surface area contributed by atoms with Crippen LogP contribution in [0.3, 0.4) is 0 Å². The lowest BCUT2D eigenvalue weighted by atomic mass is 10.1. The Kier molecular flexibility index (Phi) is 5.79. The van der Waals surface area contributed by atoms with E-state index >= 15 is 0 Å². The third kappa shape index (κ3) is 4.56. The average molecular weight is 394 g/mol. The minimum absolute atomic E-state index is 0.250. The van der Waals surface area contributed by atoms with Crippen molar-refractivity contribution in [1.29, 1.82) is 0 Å². The first-order chi connectivity index (χ1) is 13.3. The molecule has 0 saturated heterocycles. The van der Waals surface area contributed by atoms with Crippen LogP contribution in [0.2, 0.25) is 0 Å². The summed E-state index contributed by atoms with van der Waals surface area (Å²) in [5, 5.41) is 2.39. The molecule has 1 amide bonds. The van der Waals surface area contributed by atoms with Crippen LogP contribution in [0, 0.1) is 0 Å². The minimum atomic E-state index is -4.54. The van der Waals surface area contributed by atoms with Crippen molar-refractivity contribution in [3.05, 3.63) is 53.6 Å². The van der Waals surface area contributed by atoms with Gasteiger partial charge in [0.15, 0.2) is 11.5 Å². The van der Waals surface area contributed by atoms with E-state index in [1.165, 1.54) is 18.2 Å². The van der Waals surface area contributed by atoms with Gasteiger partial charge in [0.2, 0.25) is 5.91 Å². The topological polar surface area (TPSA) is 50.8 Å². The molecule has 0 radical (unpaired) electrons. The van der Waals surface area contributed by atoms with Gasteiger partial charge in [-0.1, -0.05) is 18.2 Å². The molecule has 1 N–H and O–H groups in total. The first-order valence-corrected chi connectivity index (χ1v) is 8.81. The number of fused-ring (bicyclic) bond motifs is 1. The number of halogens is 3. The fourth-order valence-corrected chi connectivity index (χ4v) is 2.89. The van der Waals surface area contributed by atoms with Gasteiger partial charge in [-0.15, -0.1) is 0 Å². The molecule has 28 heavy (non-hydrogen) atoms. The van der Waals surface area contributed by atoms with Gasteiger partial charge < -0.3 is 14.8 Å². The van der Waals surface area contributed by atoms with Crippen molar-refractivity contribution in [3.63, 3.8) is 0 Å². The quantitative estimate of drug-likeness (QED) is 0.835. The second-order valence-electron chi connectivity index (χ2n) is 6.60. The molecule has 3 rings (SSSR count). The highest BCUT2D eigenvalue weighted by molar-refractivity contribution is 5.95. The fraction of sp³-hybridized carbons (Fsp3) is 0.350. The Morgan fingerprint density at radius 1 is 1.14 bits per heavy atom. The first kappa shape index (κ1) is 20.0.